The molecule has 0 radical (unpaired) electrons. The summed E-state index contributed by atoms with van der Waals surface area (Å²) in [7, 11) is 0. The van der Waals surface area contributed by atoms with Crippen molar-refractivity contribution in [1.82, 2.24) is 9.97 Å². The zero-order valence-electron chi connectivity index (χ0n) is 9.98. The average Bonchev–Trinajstić information content (AvgIpc) is 2.47. The van der Waals surface area contributed by atoms with Crippen LogP contribution in [-0.2, 0) is 0 Å². The summed E-state index contributed by atoms with van der Waals surface area (Å²) in [5.41, 5.74) is 0.844. The maximum Gasteiger partial charge on any atom is 0.356 e. The van der Waals surface area contributed by atoms with Crippen LogP contribution in [0.4, 0.5) is 11.5 Å². The third-order valence-corrected chi connectivity index (χ3v) is 2.86. The highest BCUT2D eigenvalue weighted by molar-refractivity contribution is 5.85. The lowest BCUT2D eigenvalue weighted by atomic mass is 10.2. The molecule has 3 rings (SSSR count). The fourth-order valence-electron chi connectivity index (χ4n) is 1.98. The van der Waals surface area contributed by atoms with E-state index in [0.29, 0.717) is 19.0 Å². The molecule has 0 atom stereocenters. The molecule has 0 amide bonds. The second-order valence-corrected chi connectivity index (χ2v) is 4.03. The van der Waals surface area contributed by atoms with E-state index in [1.807, 2.05) is 29.2 Å². The Balaban J connectivity index is 1.97. The number of carbonyl (C=O) groups is 1. The number of rotatable bonds is 2. The van der Waals surface area contributed by atoms with Gasteiger partial charge in [-0.15, -0.1) is 0 Å². The molecule has 1 aliphatic heterocycles. The number of benzene rings is 1. The highest BCUT2D eigenvalue weighted by Crippen LogP contribution is 2.34. The molecule has 0 bridgehead atoms. The summed E-state index contributed by atoms with van der Waals surface area (Å²) in [5.74, 6) is 0.319. The Labute approximate surface area is 109 Å². The Morgan fingerprint density at radius 1 is 1.26 bits per heavy atom. The number of carboxylic acid groups (broad SMARTS) is 1. The first-order valence-electron chi connectivity index (χ1n) is 5.80. The molecule has 2 aromatic rings. The van der Waals surface area contributed by atoms with Gasteiger partial charge in [0.1, 0.15) is 12.4 Å². The van der Waals surface area contributed by atoms with Crippen LogP contribution in [0, 0.1) is 0 Å². The van der Waals surface area contributed by atoms with Crippen molar-refractivity contribution in [3.63, 3.8) is 0 Å². The molecule has 0 fully saturated rings. The predicted molar refractivity (Wildman–Crippen MR) is 67.9 cm³/mol. The summed E-state index contributed by atoms with van der Waals surface area (Å²) < 4.78 is 5.55. The van der Waals surface area contributed by atoms with Gasteiger partial charge in [-0.2, -0.15) is 0 Å². The van der Waals surface area contributed by atoms with Crippen LogP contribution >= 0.6 is 0 Å². The van der Waals surface area contributed by atoms with Gasteiger partial charge in [-0.1, -0.05) is 12.1 Å². The highest BCUT2D eigenvalue weighted by atomic mass is 16.5. The van der Waals surface area contributed by atoms with Crippen molar-refractivity contribution in [3.8, 4) is 5.75 Å². The molecule has 96 valence electrons. The van der Waals surface area contributed by atoms with E-state index in [1.54, 1.807) is 0 Å². The van der Waals surface area contributed by atoms with E-state index >= 15 is 0 Å². The third kappa shape index (κ3) is 2.08. The van der Waals surface area contributed by atoms with Gasteiger partial charge in [0.2, 0.25) is 0 Å². The predicted octanol–water partition coefficient (Wildman–Crippen LogP) is 1.71. The van der Waals surface area contributed by atoms with Gasteiger partial charge in [-0.3, -0.25) is 0 Å². The maximum atomic E-state index is 10.8. The lowest BCUT2D eigenvalue weighted by Gasteiger charge is -2.29. The zero-order valence-corrected chi connectivity index (χ0v) is 9.98. The Bertz CT molecular complexity index is 613. The number of carboxylic acids is 1. The van der Waals surface area contributed by atoms with Gasteiger partial charge in [-0.05, 0) is 12.1 Å². The summed E-state index contributed by atoms with van der Waals surface area (Å²) in [6.45, 7) is 1.21. The molecule has 1 aliphatic rings. The van der Waals surface area contributed by atoms with Crippen LogP contribution in [0.1, 0.15) is 10.5 Å². The van der Waals surface area contributed by atoms with Crippen molar-refractivity contribution in [1.29, 1.82) is 0 Å². The van der Waals surface area contributed by atoms with Crippen LogP contribution in [0.15, 0.2) is 36.7 Å². The third-order valence-electron chi connectivity index (χ3n) is 2.86. The molecule has 1 aromatic carbocycles. The first-order valence-corrected chi connectivity index (χ1v) is 5.80. The minimum Gasteiger partial charge on any atom is -0.490 e. The standard InChI is InChI=1S/C13H11N3O3/c17-13(18)9-7-15-12(8-14-9)16-5-6-19-11-4-2-1-3-10(11)16/h1-4,7-8H,5-6H2,(H,17,18). The fourth-order valence-corrected chi connectivity index (χ4v) is 1.98. The van der Waals surface area contributed by atoms with Gasteiger partial charge in [0, 0.05) is 0 Å². The first-order chi connectivity index (χ1) is 9.25. The molecule has 1 aromatic heterocycles. The van der Waals surface area contributed by atoms with Crippen molar-refractivity contribution >= 4 is 17.5 Å². The molecule has 6 heteroatoms. The Morgan fingerprint density at radius 2 is 2.11 bits per heavy atom. The van der Waals surface area contributed by atoms with Crippen molar-refractivity contribution < 1.29 is 14.6 Å². The highest BCUT2D eigenvalue weighted by Gasteiger charge is 2.20. The molecule has 0 saturated carbocycles. The number of fused-ring (bicyclic) bond motifs is 1. The van der Waals surface area contributed by atoms with E-state index in [4.69, 9.17) is 9.84 Å². The fraction of sp³-hybridized carbons (Fsp3) is 0.154. The maximum absolute atomic E-state index is 10.8. The zero-order chi connectivity index (χ0) is 13.2. The number of aromatic nitrogens is 2. The largest absolute Gasteiger partial charge is 0.490 e. The number of anilines is 2. The molecule has 1 N–H and O–H groups in total. The number of ether oxygens (including phenoxy) is 1. The van der Waals surface area contributed by atoms with E-state index in [2.05, 4.69) is 9.97 Å². The number of hydrogen-bond acceptors (Lipinski definition) is 5. The summed E-state index contributed by atoms with van der Waals surface area (Å²) in [4.78, 5) is 20.7. The van der Waals surface area contributed by atoms with Crippen molar-refractivity contribution in [2.24, 2.45) is 0 Å². The molecular weight excluding hydrogens is 246 g/mol. The average molecular weight is 257 g/mol. The van der Waals surface area contributed by atoms with Gasteiger partial charge < -0.3 is 14.7 Å². The molecule has 0 aliphatic carbocycles. The number of aromatic carboxylic acids is 1. The van der Waals surface area contributed by atoms with Crippen LogP contribution in [-0.4, -0.2) is 34.2 Å². The SMILES string of the molecule is O=C(O)c1cnc(N2CCOc3ccccc32)cn1. The summed E-state index contributed by atoms with van der Waals surface area (Å²) in [5, 5.41) is 8.81. The molecule has 19 heavy (non-hydrogen) atoms. The van der Waals surface area contributed by atoms with E-state index in [1.165, 1.54) is 12.4 Å². The molecule has 0 unspecified atom stereocenters. The molecule has 0 spiro atoms. The number of nitrogens with zero attached hydrogens (tertiary/aromatic N) is 3. The number of para-hydroxylation sites is 2. The minimum atomic E-state index is -1.08. The van der Waals surface area contributed by atoms with E-state index in [-0.39, 0.29) is 5.69 Å². The van der Waals surface area contributed by atoms with Crippen molar-refractivity contribution in [2.45, 2.75) is 0 Å². The van der Waals surface area contributed by atoms with E-state index in [0.717, 1.165) is 11.4 Å². The van der Waals surface area contributed by atoms with Crippen LogP contribution in [0.3, 0.4) is 0 Å². The topological polar surface area (TPSA) is 75.5 Å². The molecule has 2 heterocycles. The van der Waals surface area contributed by atoms with Gasteiger partial charge in [0.25, 0.3) is 0 Å². The van der Waals surface area contributed by atoms with Crippen molar-refractivity contribution in [3.05, 3.63) is 42.4 Å². The smallest absolute Gasteiger partial charge is 0.356 e. The molecular formula is C13H11N3O3. The van der Waals surface area contributed by atoms with Crippen LogP contribution in [0.5, 0.6) is 5.75 Å². The lowest BCUT2D eigenvalue weighted by Crippen LogP contribution is -2.29. The van der Waals surface area contributed by atoms with Gasteiger partial charge in [0.05, 0.1) is 24.6 Å². The Morgan fingerprint density at radius 3 is 2.84 bits per heavy atom. The van der Waals surface area contributed by atoms with E-state index < -0.39 is 5.97 Å². The van der Waals surface area contributed by atoms with Crippen LogP contribution in [0.2, 0.25) is 0 Å². The van der Waals surface area contributed by atoms with Crippen LogP contribution < -0.4 is 9.64 Å². The Kier molecular flexibility index (Phi) is 2.75. The Hall–Kier alpha value is -2.63. The summed E-state index contributed by atoms with van der Waals surface area (Å²) in [6, 6.07) is 7.64. The molecule has 0 saturated heterocycles. The monoisotopic (exact) mass is 257 g/mol. The number of hydrogen-bond donors (Lipinski definition) is 1. The quantitative estimate of drug-likeness (QED) is 0.882. The van der Waals surface area contributed by atoms with Gasteiger partial charge in [-0.25, -0.2) is 14.8 Å². The lowest BCUT2D eigenvalue weighted by molar-refractivity contribution is 0.0690. The molecule has 6 nitrogen and oxygen atoms in total. The second kappa shape index (κ2) is 4.56. The van der Waals surface area contributed by atoms with Crippen LogP contribution in [0.25, 0.3) is 0 Å². The van der Waals surface area contributed by atoms with Gasteiger partial charge in [0.15, 0.2) is 11.5 Å². The summed E-state index contributed by atoms with van der Waals surface area (Å²) >= 11 is 0. The first kappa shape index (κ1) is 11.5. The second-order valence-electron chi connectivity index (χ2n) is 4.03. The minimum absolute atomic E-state index is 0.0645. The normalized spacial score (nSPS) is 13.6. The van der Waals surface area contributed by atoms with E-state index in [9.17, 15) is 4.79 Å². The van der Waals surface area contributed by atoms with Crippen molar-refractivity contribution in [2.75, 3.05) is 18.1 Å². The summed E-state index contributed by atoms with van der Waals surface area (Å²) in [6.07, 6.45) is 2.72. The van der Waals surface area contributed by atoms with Gasteiger partial charge >= 0.3 is 5.97 Å².